The third kappa shape index (κ3) is 1.77. The molecule has 3 N–H and O–H groups in total. The Balaban J connectivity index is 2.96. The second-order valence-corrected chi connectivity index (χ2v) is 3.06. The van der Waals surface area contributed by atoms with Gasteiger partial charge in [0.15, 0.2) is 0 Å². The molecule has 0 fully saturated rings. The van der Waals surface area contributed by atoms with E-state index in [1.165, 1.54) is 0 Å². The molecular weight excluding hydrogens is 150 g/mol. The summed E-state index contributed by atoms with van der Waals surface area (Å²) in [6, 6.07) is 5.63. The molecule has 12 heavy (non-hydrogen) atoms. The topological polar surface area (TPSA) is 46.2 Å². The molecule has 0 amide bonds. The number of rotatable bonds is 2. The zero-order chi connectivity index (χ0) is 9.14. The van der Waals surface area contributed by atoms with Crippen molar-refractivity contribution in [1.82, 2.24) is 0 Å². The Hall–Kier alpha value is -1.02. The van der Waals surface area contributed by atoms with Gasteiger partial charge < -0.3 is 10.8 Å². The quantitative estimate of drug-likeness (QED) is 0.705. The highest BCUT2D eigenvalue weighted by Crippen LogP contribution is 2.22. The Morgan fingerprint density at radius 2 is 2.17 bits per heavy atom. The van der Waals surface area contributed by atoms with E-state index in [1.807, 2.05) is 26.0 Å². The smallest absolute Gasteiger partial charge is 0.118 e. The first-order valence-corrected chi connectivity index (χ1v) is 4.20. The van der Waals surface area contributed by atoms with Crippen LogP contribution in [-0.4, -0.2) is 5.11 Å². The lowest BCUT2D eigenvalue weighted by molar-refractivity contribution is 0.469. The van der Waals surface area contributed by atoms with Crippen molar-refractivity contribution in [2.24, 2.45) is 5.73 Å². The van der Waals surface area contributed by atoms with E-state index < -0.39 is 0 Å². The van der Waals surface area contributed by atoms with Crippen molar-refractivity contribution >= 4 is 0 Å². The number of phenols is 1. The molecule has 2 nitrogen and oxygen atoms in total. The van der Waals surface area contributed by atoms with Gasteiger partial charge in [-0.3, -0.25) is 0 Å². The van der Waals surface area contributed by atoms with Gasteiger partial charge in [0.1, 0.15) is 5.75 Å². The van der Waals surface area contributed by atoms with Crippen molar-refractivity contribution in [3.05, 3.63) is 29.3 Å². The Labute approximate surface area is 73.0 Å². The van der Waals surface area contributed by atoms with Gasteiger partial charge >= 0.3 is 0 Å². The van der Waals surface area contributed by atoms with Crippen molar-refractivity contribution in [3.8, 4) is 5.75 Å². The molecular formula is C10H15NO. The van der Waals surface area contributed by atoms with Crippen LogP contribution in [0.1, 0.15) is 30.5 Å². The molecule has 0 saturated carbocycles. The molecule has 1 aromatic rings. The van der Waals surface area contributed by atoms with E-state index in [-0.39, 0.29) is 6.04 Å². The number of benzene rings is 1. The van der Waals surface area contributed by atoms with Gasteiger partial charge in [0, 0.05) is 6.04 Å². The normalized spacial score (nSPS) is 12.9. The number of aryl methyl sites for hydroxylation is 1. The predicted octanol–water partition coefficient (Wildman–Crippen LogP) is 2.11. The van der Waals surface area contributed by atoms with E-state index in [2.05, 4.69) is 0 Å². The van der Waals surface area contributed by atoms with Crippen molar-refractivity contribution in [3.63, 3.8) is 0 Å². The molecule has 1 rings (SSSR count). The third-order valence-electron chi connectivity index (χ3n) is 2.10. The van der Waals surface area contributed by atoms with Crippen LogP contribution < -0.4 is 5.73 Å². The molecule has 0 saturated heterocycles. The minimum absolute atomic E-state index is 0.0384. The number of aromatic hydroxyl groups is 1. The molecule has 0 spiro atoms. The van der Waals surface area contributed by atoms with E-state index in [0.29, 0.717) is 5.75 Å². The fraction of sp³-hybridized carbons (Fsp3) is 0.400. The lowest BCUT2D eigenvalue weighted by Gasteiger charge is -2.09. The van der Waals surface area contributed by atoms with Gasteiger partial charge in [0.2, 0.25) is 0 Å². The monoisotopic (exact) mass is 165 g/mol. The Morgan fingerprint density at radius 1 is 1.50 bits per heavy atom. The molecule has 0 aromatic heterocycles. The lowest BCUT2D eigenvalue weighted by atomic mass is 10.0. The van der Waals surface area contributed by atoms with E-state index >= 15 is 0 Å². The minimum Gasteiger partial charge on any atom is -0.508 e. The molecule has 0 aliphatic carbocycles. The standard InChI is InChI=1S/C10H15NO/c1-3-9(11)8-5-4-7(2)10(12)6-8/h4-6,9,12H,3,11H2,1-2H3/t9-/m0/s1. The van der Waals surface area contributed by atoms with Crippen LogP contribution in [0.25, 0.3) is 0 Å². The molecule has 66 valence electrons. The molecule has 0 heterocycles. The van der Waals surface area contributed by atoms with Crippen molar-refractivity contribution in [1.29, 1.82) is 0 Å². The van der Waals surface area contributed by atoms with Crippen LogP contribution in [0.4, 0.5) is 0 Å². The Bertz CT molecular complexity index is 271. The number of phenolic OH excluding ortho intramolecular Hbond substituents is 1. The maximum atomic E-state index is 9.39. The minimum atomic E-state index is 0.0384. The fourth-order valence-electron chi connectivity index (χ4n) is 1.09. The lowest BCUT2D eigenvalue weighted by Crippen LogP contribution is -2.08. The van der Waals surface area contributed by atoms with Crippen LogP contribution in [0, 0.1) is 6.92 Å². The largest absolute Gasteiger partial charge is 0.508 e. The molecule has 2 heteroatoms. The van der Waals surface area contributed by atoms with Gasteiger partial charge in [0.05, 0.1) is 0 Å². The van der Waals surface area contributed by atoms with E-state index in [0.717, 1.165) is 17.5 Å². The molecule has 0 radical (unpaired) electrons. The first-order valence-electron chi connectivity index (χ1n) is 4.20. The Morgan fingerprint density at radius 3 is 2.67 bits per heavy atom. The van der Waals surface area contributed by atoms with Gasteiger partial charge in [-0.1, -0.05) is 19.1 Å². The molecule has 0 aliphatic rings. The second-order valence-electron chi connectivity index (χ2n) is 3.06. The summed E-state index contributed by atoms with van der Waals surface area (Å²) in [7, 11) is 0. The van der Waals surface area contributed by atoms with E-state index in [4.69, 9.17) is 5.73 Å². The Kier molecular flexibility index (Phi) is 2.71. The fourth-order valence-corrected chi connectivity index (χ4v) is 1.09. The molecule has 0 unspecified atom stereocenters. The van der Waals surface area contributed by atoms with Crippen LogP contribution in [0.2, 0.25) is 0 Å². The zero-order valence-corrected chi connectivity index (χ0v) is 7.54. The second kappa shape index (κ2) is 3.59. The summed E-state index contributed by atoms with van der Waals surface area (Å²) in [5, 5.41) is 9.39. The van der Waals surface area contributed by atoms with Crippen LogP contribution in [0.3, 0.4) is 0 Å². The van der Waals surface area contributed by atoms with Crippen LogP contribution in [0.5, 0.6) is 5.75 Å². The summed E-state index contributed by atoms with van der Waals surface area (Å²) >= 11 is 0. The van der Waals surface area contributed by atoms with E-state index in [9.17, 15) is 5.11 Å². The van der Waals surface area contributed by atoms with Crippen LogP contribution in [-0.2, 0) is 0 Å². The van der Waals surface area contributed by atoms with Crippen molar-refractivity contribution in [2.45, 2.75) is 26.3 Å². The zero-order valence-electron chi connectivity index (χ0n) is 7.54. The first-order chi connectivity index (χ1) is 5.65. The van der Waals surface area contributed by atoms with Gasteiger partial charge in [-0.25, -0.2) is 0 Å². The maximum Gasteiger partial charge on any atom is 0.118 e. The number of hydrogen-bond donors (Lipinski definition) is 2. The summed E-state index contributed by atoms with van der Waals surface area (Å²) in [4.78, 5) is 0. The van der Waals surface area contributed by atoms with E-state index in [1.54, 1.807) is 6.07 Å². The summed E-state index contributed by atoms with van der Waals surface area (Å²) in [5.41, 5.74) is 7.69. The molecule has 0 aliphatic heterocycles. The van der Waals surface area contributed by atoms with Gasteiger partial charge in [0.25, 0.3) is 0 Å². The van der Waals surface area contributed by atoms with Crippen molar-refractivity contribution in [2.75, 3.05) is 0 Å². The highest BCUT2D eigenvalue weighted by atomic mass is 16.3. The molecule has 1 aromatic carbocycles. The molecule has 1 atom stereocenters. The van der Waals surface area contributed by atoms with Crippen LogP contribution in [0.15, 0.2) is 18.2 Å². The first kappa shape index (κ1) is 9.07. The van der Waals surface area contributed by atoms with Crippen molar-refractivity contribution < 1.29 is 5.11 Å². The third-order valence-corrected chi connectivity index (χ3v) is 2.10. The van der Waals surface area contributed by atoms with Gasteiger partial charge in [-0.05, 0) is 30.5 Å². The van der Waals surface area contributed by atoms with Gasteiger partial charge in [-0.2, -0.15) is 0 Å². The summed E-state index contributed by atoms with van der Waals surface area (Å²) in [5.74, 6) is 0.330. The summed E-state index contributed by atoms with van der Waals surface area (Å²) in [6.45, 7) is 3.90. The average molecular weight is 165 g/mol. The highest BCUT2D eigenvalue weighted by Gasteiger charge is 2.04. The molecule has 0 bridgehead atoms. The predicted molar refractivity (Wildman–Crippen MR) is 50.1 cm³/mol. The van der Waals surface area contributed by atoms with Crippen LogP contribution >= 0.6 is 0 Å². The summed E-state index contributed by atoms with van der Waals surface area (Å²) in [6.07, 6.45) is 0.891. The number of hydrogen-bond acceptors (Lipinski definition) is 2. The highest BCUT2D eigenvalue weighted by molar-refractivity contribution is 5.36. The average Bonchev–Trinajstić information content (AvgIpc) is 2.08. The van der Waals surface area contributed by atoms with Gasteiger partial charge in [-0.15, -0.1) is 0 Å². The maximum absolute atomic E-state index is 9.39. The summed E-state index contributed by atoms with van der Waals surface area (Å²) < 4.78 is 0. The SMILES string of the molecule is CC[C@H](N)c1ccc(C)c(O)c1. The number of nitrogens with two attached hydrogens (primary N) is 1.